The van der Waals surface area contributed by atoms with Crippen LogP contribution in [-0.4, -0.2) is 73.4 Å². The summed E-state index contributed by atoms with van der Waals surface area (Å²) in [5, 5.41) is 7.11. The van der Waals surface area contributed by atoms with Gasteiger partial charge in [0.15, 0.2) is 5.96 Å². The van der Waals surface area contributed by atoms with Crippen molar-refractivity contribution in [3.05, 3.63) is 35.4 Å². The molecule has 0 spiro atoms. The summed E-state index contributed by atoms with van der Waals surface area (Å²) in [7, 11) is 3.50. The van der Waals surface area contributed by atoms with Gasteiger partial charge < -0.3 is 20.4 Å². The van der Waals surface area contributed by atoms with E-state index in [1.54, 1.807) is 19.0 Å². The van der Waals surface area contributed by atoms with Gasteiger partial charge in [0, 0.05) is 45.2 Å². The van der Waals surface area contributed by atoms with Crippen LogP contribution < -0.4 is 10.6 Å². The van der Waals surface area contributed by atoms with Crippen molar-refractivity contribution in [3.8, 4) is 0 Å². The van der Waals surface area contributed by atoms with Crippen LogP contribution >= 0.6 is 24.0 Å². The first kappa shape index (κ1) is 25.8. The molecule has 2 amide bonds. The molecule has 1 heterocycles. The Balaban J connectivity index is 0.00000306. The summed E-state index contributed by atoms with van der Waals surface area (Å²) in [4.78, 5) is 33.1. The summed E-state index contributed by atoms with van der Waals surface area (Å²) < 4.78 is 0. The van der Waals surface area contributed by atoms with Gasteiger partial charge in [-0.2, -0.15) is 0 Å². The number of guanidine groups is 1. The minimum Gasteiger partial charge on any atom is -0.353 e. The topological polar surface area (TPSA) is 77.0 Å². The maximum absolute atomic E-state index is 12.8. The van der Waals surface area contributed by atoms with Crippen LogP contribution in [0.1, 0.15) is 49.7 Å². The number of carbonyl (C=O) groups excluding carboxylic acids is 2. The molecule has 1 saturated carbocycles. The zero-order valence-electron chi connectivity index (χ0n) is 19.9. The molecule has 1 aliphatic heterocycles. The van der Waals surface area contributed by atoms with Crippen LogP contribution in [0, 0.1) is 5.92 Å². The summed E-state index contributed by atoms with van der Waals surface area (Å²) in [5.74, 6) is 1.21. The highest BCUT2D eigenvalue weighted by molar-refractivity contribution is 14.0. The van der Waals surface area contributed by atoms with Crippen molar-refractivity contribution in [2.24, 2.45) is 10.9 Å². The van der Waals surface area contributed by atoms with Gasteiger partial charge in [-0.25, -0.2) is 4.99 Å². The second kappa shape index (κ2) is 12.0. The number of aliphatic imine (C=N–C) groups is 1. The lowest BCUT2D eigenvalue weighted by Crippen LogP contribution is -2.50. The summed E-state index contributed by atoms with van der Waals surface area (Å²) in [6.07, 6.45) is 8.38. The minimum atomic E-state index is -0.0236. The van der Waals surface area contributed by atoms with E-state index in [1.165, 1.54) is 24.0 Å². The van der Waals surface area contributed by atoms with Gasteiger partial charge in [0.1, 0.15) is 6.54 Å². The number of aryl methyl sites for hydroxylation is 1. The Morgan fingerprint density at radius 2 is 1.73 bits per heavy atom. The van der Waals surface area contributed by atoms with Crippen molar-refractivity contribution < 1.29 is 9.59 Å². The number of rotatable bonds is 5. The second-order valence-corrected chi connectivity index (χ2v) is 9.70. The lowest BCUT2D eigenvalue weighted by Gasteiger charge is -2.28. The molecule has 2 N–H and O–H groups in total. The number of hydrogen-bond donors (Lipinski definition) is 2. The number of nitrogens with zero attached hydrogens (tertiary/aromatic N) is 3. The molecule has 182 valence electrons. The highest BCUT2D eigenvalue weighted by atomic mass is 127. The average molecular weight is 568 g/mol. The second-order valence-electron chi connectivity index (χ2n) is 9.70. The number of amides is 2. The number of fused-ring (bicyclic) bond motifs is 1. The van der Waals surface area contributed by atoms with Crippen molar-refractivity contribution in [3.63, 3.8) is 0 Å². The van der Waals surface area contributed by atoms with Crippen LogP contribution in [0.3, 0.4) is 0 Å². The SMILES string of the molecule is CN(C)C(=O)CN=C(NC1CCc2ccccc2C1)NC1CCN(C(=O)C2CCCC2)C1.I. The molecule has 0 radical (unpaired) electrons. The third-order valence-electron chi connectivity index (χ3n) is 7.10. The molecule has 2 atom stereocenters. The molecule has 7 nitrogen and oxygen atoms in total. The van der Waals surface area contributed by atoms with Crippen LogP contribution in [0.15, 0.2) is 29.3 Å². The Labute approximate surface area is 214 Å². The van der Waals surface area contributed by atoms with E-state index < -0.39 is 0 Å². The summed E-state index contributed by atoms with van der Waals surface area (Å²) >= 11 is 0. The fourth-order valence-corrected chi connectivity index (χ4v) is 5.14. The third kappa shape index (κ3) is 6.83. The fourth-order valence-electron chi connectivity index (χ4n) is 5.14. The average Bonchev–Trinajstić information content (AvgIpc) is 3.49. The van der Waals surface area contributed by atoms with Gasteiger partial charge in [0.05, 0.1) is 0 Å². The number of likely N-dealkylation sites (tertiary alicyclic amines) is 1. The molecule has 2 fully saturated rings. The molecule has 0 bridgehead atoms. The van der Waals surface area contributed by atoms with E-state index in [1.807, 2.05) is 4.90 Å². The number of nitrogens with one attached hydrogen (secondary N) is 2. The quantitative estimate of drug-likeness (QED) is 0.326. The predicted octanol–water partition coefficient (Wildman–Crippen LogP) is 2.58. The summed E-state index contributed by atoms with van der Waals surface area (Å²) in [6, 6.07) is 9.06. The number of halogens is 1. The first-order valence-electron chi connectivity index (χ1n) is 12.1. The van der Waals surface area contributed by atoms with Gasteiger partial charge in [-0.15, -0.1) is 24.0 Å². The van der Waals surface area contributed by atoms with Crippen LogP contribution in [0.2, 0.25) is 0 Å². The van der Waals surface area contributed by atoms with E-state index in [-0.39, 0.29) is 54.4 Å². The maximum atomic E-state index is 12.8. The van der Waals surface area contributed by atoms with Crippen LogP contribution in [0.5, 0.6) is 0 Å². The Kier molecular flexibility index (Phi) is 9.40. The van der Waals surface area contributed by atoms with Crippen LogP contribution in [0.4, 0.5) is 0 Å². The lowest BCUT2D eigenvalue weighted by molar-refractivity contribution is -0.134. The number of hydrogen-bond acceptors (Lipinski definition) is 3. The van der Waals surface area contributed by atoms with E-state index in [0.29, 0.717) is 18.4 Å². The van der Waals surface area contributed by atoms with E-state index in [4.69, 9.17) is 0 Å². The van der Waals surface area contributed by atoms with Gasteiger partial charge in [-0.05, 0) is 49.7 Å². The van der Waals surface area contributed by atoms with Crippen molar-refractivity contribution in [1.29, 1.82) is 0 Å². The lowest BCUT2D eigenvalue weighted by atomic mass is 9.88. The van der Waals surface area contributed by atoms with E-state index in [0.717, 1.165) is 45.1 Å². The summed E-state index contributed by atoms with van der Waals surface area (Å²) in [5.41, 5.74) is 2.81. The molecular weight excluding hydrogens is 529 g/mol. The predicted molar refractivity (Wildman–Crippen MR) is 142 cm³/mol. The number of benzene rings is 1. The first-order chi connectivity index (χ1) is 15.5. The molecule has 33 heavy (non-hydrogen) atoms. The molecule has 1 saturated heterocycles. The third-order valence-corrected chi connectivity index (χ3v) is 7.10. The zero-order valence-corrected chi connectivity index (χ0v) is 22.2. The van der Waals surface area contributed by atoms with Gasteiger partial charge in [-0.1, -0.05) is 37.1 Å². The monoisotopic (exact) mass is 567 g/mol. The normalized spacial score (nSPS) is 23.0. The van der Waals surface area contributed by atoms with Crippen LogP contribution in [0.25, 0.3) is 0 Å². The maximum Gasteiger partial charge on any atom is 0.243 e. The van der Waals surface area contributed by atoms with E-state index >= 15 is 0 Å². The number of carbonyl (C=O) groups is 2. The van der Waals surface area contributed by atoms with E-state index in [9.17, 15) is 9.59 Å². The molecule has 1 aromatic rings. The molecule has 1 aromatic carbocycles. The van der Waals surface area contributed by atoms with Crippen molar-refractivity contribution in [2.45, 2.75) is 63.5 Å². The summed E-state index contributed by atoms with van der Waals surface area (Å²) in [6.45, 7) is 1.63. The molecule has 8 heteroatoms. The highest BCUT2D eigenvalue weighted by Crippen LogP contribution is 2.28. The largest absolute Gasteiger partial charge is 0.353 e. The molecule has 2 unspecified atom stereocenters. The molecule has 3 aliphatic rings. The standard InChI is InChI=1S/C25H37N5O2.HI/c1-29(2)23(31)16-26-25(27-21-12-11-18-7-3-6-10-20(18)15-21)28-22-13-14-30(17-22)24(32)19-8-4-5-9-19;/h3,6-7,10,19,21-22H,4-5,8-9,11-17H2,1-2H3,(H2,26,27,28);1H. The van der Waals surface area contributed by atoms with Gasteiger partial charge in [0.25, 0.3) is 0 Å². The van der Waals surface area contributed by atoms with Crippen molar-refractivity contribution in [2.75, 3.05) is 33.7 Å². The zero-order chi connectivity index (χ0) is 22.5. The van der Waals surface area contributed by atoms with Gasteiger partial charge in [0.2, 0.25) is 11.8 Å². The number of likely N-dealkylation sites (N-methyl/N-ethyl adjacent to an activating group) is 1. The van der Waals surface area contributed by atoms with Crippen molar-refractivity contribution >= 4 is 41.8 Å². The highest BCUT2D eigenvalue weighted by Gasteiger charge is 2.33. The fraction of sp³-hybridized carbons (Fsp3) is 0.640. The van der Waals surface area contributed by atoms with Gasteiger partial charge >= 0.3 is 0 Å². The van der Waals surface area contributed by atoms with Crippen LogP contribution in [-0.2, 0) is 22.4 Å². The Morgan fingerprint density at radius 1 is 1.03 bits per heavy atom. The molecule has 0 aromatic heterocycles. The Bertz CT molecular complexity index is 853. The Hall–Kier alpha value is -1.84. The first-order valence-corrected chi connectivity index (χ1v) is 12.1. The minimum absolute atomic E-state index is 0. The van der Waals surface area contributed by atoms with Gasteiger partial charge in [-0.3, -0.25) is 9.59 Å². The smallest absolute Gasteiger partial charge is 0.243 e. The molecular formula is C25H38IN5O2. The van der Waals surface area contributed by atoms with E-state index in [2.05, 4.69) is 39.9 Å². The molecule has 4 rings (SSSR count). The van der Waals surface area contributed by atoms with Crippen molar-refractivity contribution in [1.82, 2.24) is 20.4 Å². The Morgan fingerprint density at radius 3 is 2.45 bits per heavy atom. The molecule has 2 aliphatic carbocycles.